The minimum Gasteiger partial charge on any atom is -0.481 e. The number of carbonyl (C=O) groups is 2. The van der Waals surface area contributed by atoms with Crippen molar-refractivity contribution in [2.75, 3.05) is 310 Å². The van der Waals surface area contributed by atoms with Gasteiger partial charge in [0.2, 0.25) is 5.91 Å². The van der Waals surface area contributed by atoms with Gasteiger partial charge in [-0.1, -0.05) is 96.5 Å². The summed E-state index contributed by atoms with van der Waals surface area (Å²) in [4.78, 5) is 23.9. The molecule has 0 rings (SSSR count). The molecule has 2 N–H and O–H groups in total. The molecule has 0 bridgehead atoms. The summed E-state index contributed by atoms with van der Waals surface area (Å²) in [6, 6.07) is 0. The zero-order valence-electron chi connectivity index (χ0n) is 62.4. The first kappa shape index (κ1) is 97.8. The van der Waals surface area contributed by atoms with Crippen molar-refractivity contribution >= 4 is 11.9 Å². The molecule has 27 nitrogen and oxygen atoms in total. The number of nitrogens with one attached hydrogen (secondary N) is 1. The molecular formula is C73H143NO26. The number of carbonyl (C=O) groups excluding carboxylic acids is 1. The quantitative estimate of drug-likeness (QED) is 0.0429. The molecule has 0 spiro atoms. The number of aliphatic carboxylic acids is 1. The molecule has 0 radical (unpaired) electrons. The molecule has 0 aromatic carbocycles. The maximum absolute atomic E-state index is 13.2. The van der Waals surface area contributed by atoms with Crippen molar-refractivity contribution in [3.63, 3.8) is 0 Å². The topological polar surface area (TPSA) is 279 Å². The molecule has 100 heavy (non-hydrogen) atoms. The minimum absolute atomic E-state index is 0.0461. The Labute approximate surface area is 603 Å². The Morgan fingerprint density at radius 2 is 0.450 bits per heavy atom. The zero-order valence-corrected chi connectivity index (χ0v) is 62.4. The maximum Gasteiger partial charge on any atom is 0.303 e. The smallest absolute Gasteiger partial charge is 0.303 e. The summed E-state index contributed by atoms with van der Waals surface area (Å²) in [7, 11) is 0. The molecule has 0 aromatic heterocycles. The molecule has 0 aliphatic heterocycles. The zero-order chi connectivity index (χ0) is 71.8. The lowest BCUT2D eigenvalue weighted by atomic mass is 9.93. The van der Waals surface area contributed by atoms with Crippen LogP contribution in [-0.4, -0.2) is 327 Å². The second-order valence-corrected chi connectivity index (χ2v) is 23.2. The van der Waals surface area contributed by atoms with E-state index in [1.807, 2.05) is 6.08 Å². The van der Waals surface area contributed by atoms with E-state index in [2.05, 4.69) is 18.8 Å². The van der Waals surface area contributed by atoms with Crippen molar-refractivity contribution < 1.29 is 124 Å². The van der Waals surface area contributed by atoms with Crippen LogP contribution >= 0.6 is 0 Å². The van der Waals surface area contributed by atoms with Gasteiger partial charge in [-0.3, -0.25) is 9.59 Å². The van der Waals surface area contributed by atoms with Crippen molar-refractivity contribution in [3.05, 3.63) is 12.7 Å². The fourth-order valence-corrected chi connectivity index (χ4v) is 9.17. The van der Waals surface area contributed by atoms with E-state index < -0.39 is 5.97 Å². The number of allylic oxidation sites excluding steroid dienone is 1. The second-order valence-electron chi connectivity index (χ2n) is 23.2. The minimum atomic E-state index is -0.709. The van der Waals surface area contributed by atoms with Crippen molar-refractivity contribution in [2.45, 2.75) is 135 Å². The van der Waals surface area contributed by atoms with E-state index in [9.17, 15) is 9.59 Å². The van der Waals surface area contributed by atoms with Gasteiger partial charge < -0.3 is 119 Å². The third-order valence-electron chi connectivity index (χ3n) is 14.6. The number of rotatable bonds is 93. The van der Waals surface area contributed by atoms with E-state index in [1.54, 1.807) is 0 Å². The largest absolute Gasteiger partial charge is 0.481 e. The summed E-state index contributed by atoms with van der Waals surface area (Å²) in [5.41, 5.74) is 0. The molecule has 0 aliphatic carbocycles. The van der Waals surface area contributed by atoms with Gasteiger partial charge in [0.25, 0.3) is 0 Å². The molecule has 1 atom stereocenters. The van der Waals surface area contributed by atoms with Crippen LogP contribution < -0.4 is 5.32 Å². The highest BCUT2D eigenvalue weighted by Gasteiger charge is 2.18. The number of ether oxygens (including phenoxy) is 23. The number of hydrogen-bond donors (Lipinski definition) is 2. The average Bonchev–Trinajstić information content (AvgIpc) is 1.88. The second kappa shape index (κ2) is 91.0. The highest BCUT2D eigenvalue weighted by atomic mass is 16.6. The summed E-state index contributed by atoms with van der Waals surface area (Å²) in [6.45, 7) is 29.3. The van der Waals surface area contributed by atoms with Crippen molar-refractivity contribution in [1.29, 1.82) is 0 Å². The molecule has 27 heteroatoms. The molecule has 0 saturated carbocycles. The molecular weight excluding hydrogens is 1310 g/mol. The van der Waals surface area contributed by atoms with Crippen LogP contribution in [0.2, 0.25) is 0 Å². The van der Waals surface area contributed by atoms with Gasteiger partial charge in [0, 0.05) is 25.5 Å². The number of unbranched alkanes of at least 4 members (excludes halogenated alkanes) is 14. The molecule has 0 fully saturated rings. The molecule has 0 saturated heterocycles. The fraction of sp³-hybridized carbons (Fsp3) is 0.945. The predicted octanol–water partition coefficient (Wildman–Crippen LogP) is 8.19. The van der Waals surface area contributed by atoms with E-state index in [4.69, 9.17) is 114 Å². The first-order valence-corrected chi connectivity index (χ1v) is 38.0. The van der Waals surface area contributed by atoms with E-state index in [0.29, 0.717) is 304 Å². The Bertz CT molecular complexity index is 1560. The average molecular weight is 1450 g/mol. The first-order valence-electron chi connectivity index (χ1n) is 38.0. The number of amides is 1. The third kappa shape index (κ3) is 88.2. The van der Waals surface area contributed by atoms with E-state index in [1.165, 1.54) is 51.4 Å². The van der Waals surface area contributed by atoms with E-state index >= 15 is 0 Å². The molecule has 0 heterocycles. The summed E-state index contributed by atoms with van der Waals surface area (Å²) < 4.78 is 127. The van der Waals surface area contributed by atoms with Crippen LogP contribution in [0.3, 0.4) is 0 Å². The summed E-state index contributed by atoms with van der Waals surface area (Å²) >= 11 is 0. The van der Waals surface area contributed by atoms with Crippen molar-refractivity contribution in [3.8, 4) is 0 Å². The first-order chi connectivity index (χ1) is 49.6. The molecule has 0 aliphatic rings. The lowest BCUT2D eigenvalue weighted by molar-refractivity contribution is -0.137. The summed E-state index contributed by atoms with van der Waals surface area (Å²) in [6.07, 6.45) is 23.3. The van der Waals surface area contributed by atoms with Crippen LogP contribution in [0.4, 0.5) is 0 Å². The van der Waals surface area contributed by atoms with Crippen LogP contribution in [-0.2, 0) is 119 Å². The fourth-order valence-electron chi connectivity index (χ4n) is 9.17. The van der Waals surface area contributed by atoms with Gasteiger partial charge in [0.05, 0.1) is 297 Å². The van der Waals surface area contributed by atoms with Crippen molar-refractivity contribution in [1.82, 2.24) is 5.32 Å². The number of hydrogen-bond acceptors (Lipinski definition) is 25. The van der Waals surface area contributed by atoms with Crippen LogP contribution in [0.25, 0.3) is 0 Å². The number of carboxylic acids is 1. The predicted molar refractivity (Wildman–Crippen MR) is 381 cm³/mol. The van der Waals surface area contributed by atoms with Crippen LogP contribution in [0.15, 0.2) is 12.7 Å². The normalized spacial score (nSPS) is 12.0. The third-order valence-corrected chi connectivity index (χ3v) is 14.6. The van der Waals surface area contributed by atoms with Crippen LogP contribution in [0.1, 0.15) is 135 Å². The number of carboxylic acid groups (broad SMARTS) is 1. The SMILES string of the molecule is C=CCCCCCCCCCC(CCCCCCCCCCC(=O)O)C(=O)NCCOCCOCCOCCOCCOCCOCCOCCOCCOCCOCCOCCOCCOCCOCCOCCOCCOCCOCCOCCOCCOCCOCCOCCC. The van der Waals surface area contributed by atoms with E-state index in [0.717, 1.165) is 77.2 Å². The highest BCUT2D eigenvalue weighted by molar-refractivity contribution is 5.78. The summed E-state index contributed by atoms with van der Waals surface area (Å²) in [5.74, 6) is -0.519. The Kier molecular flexibility index (Phi) is 88.9. The van der Waals surface area contributed by atoms with Crippen LogP contribution in [0.5, 0.6) is 0 Å². The van der Waals surface area contributed by atoms with Crippen LogP contribution in [0, 0.1) is 5.92 Å². The van der Waals surface area contributed by atoms with Gasteiger partial charge in [-0.25, -0.2) is 0 Å². The molecule has 1 amide bonds. The monoisotopic (exact) mass is 1450 g/mol. The van der Waals surface area contributed by atoms with Gasteiger partial charge in [0.1, 0.15) is 0 Å². The molecule has 596 valence electrons. The Morgan fingerprint density at radius 3 is 0.650 bits per heavy atom. The van der Waals surface area contributed by atoms with Gasteiger partial charge in [-0.15, -0.1) is 6.58 Å². The Balaban J connectivity index is 3.33. The highest BCUT2D eigenvalue weighted by Crippen LogP contribution is 2.20. The Morgan fingerprint density at radius 1 is 0.270 bits per heavy atom. The molecule has 1 unspecified atom stereocenters. The summed E-state index contributed by atoms with van der Waals surface area (Å²) in [5, 5.41) is 11.9. The van der Waals surface area contributed by atoms with Crippen molar-refractivity contribution in [2.24, 2.45) is 5.92 Å². The van der Waals surface area contributed by atoms with Gasteiger partial charge in [-0.2, -0.15) is 0 Å². The lowest BCUT2D eigenvalue weighted by Crippen LogP contribution is -2.33. The Hall–Kier alpha value is -2.24. The molecule has 0 aromatic rings. The van der Waals surface area contributed by atoms with Gasteiger partial charge >= 0.3 is 5.97 Å². The van der Waals surface area contributed by atoms with E-state index in [-0.39, 0.29) is 18.2 Å². The van der Waals surface area contributed by atoms with Gasteiger partial charge in [0.15, 0.2) is 0 Å². The lowest BCUT2D eigenvalue weighted by Gasteiger charge is -2.17. The maximum atomic E-state index is 13.2. The standard InChI is InChI=1S/C73H143NO26/c1-3-5-6-7-8-9-12-15-18-21-71(22-19-16-13-10-11-14-17-20-23-72(75)76)73(77)74-24-26-79-28-30-81-32-34-83-36-38-85-40-42-87-44-46-89-48-50-91-52-54-93-56-58-95-60-62-97-64-66-99-68-70-100-69-67-98-65-63-96-61-59-94-57-55-92-53-51-90-49-47-88-45-43-86-41-39-84-37-35-82-33-31-80-29-27-78-25-4-2/h3,71H,1,4-70H2,2H3,(H,74,77)(H,75,76). The van der Waals surface area contributed by atoms with Gasteiger partial charge in [-0.05, 0) is 38.5 Å².